The number of carbonyl (C=O) groups is 1. The maximum atomic E-state index is 12.7. The molecule has 0 aliphatic carbocycles. The second-order valence-electron chi connectivity index (χ2n) is 6.03. The van der Waals surface area contributed by atoms with Gasteiger partial charge in [-0.3, -0.25) is 4.79 Å². The standard InChI is InChI=1S/C16H22N2O/c1-12(2)18-14(13-6-4-3-5-7-13)16(15(18)19)8-10-17-11-9-16/h3-7,12,14,17H,8-11H2,1-2H3/t14-/m0/s1. The van der Waals surface area contributed by atoms with Crippen molar-refractivity contribution in [3.05, 3.63) is 35.9 Å². The van der Waals surface area contributed by atoms with Crippen molar-refractivity contribution in [3.63, 3.8) is 0 Å². The van der Waals surface area contributed by atoms with E-state index in [1.54, 1.807) is 0 Å². The topological polar surface area (TPSA) is 32.3 Å². The van der Waals surface area contributed by atoms with Crippen LogP contribution in [0.3, 0.4) is 0 Å². The highest BCUT2D eigenvalue weighted by Crippen LogP contribution is 2.55. The molecule has 3 heteroatoms. The van der Waals surface area contributed by atoms with E-state index < -0.39 is 0 Å². The van der Waals surface area contributed by atoms with Crippen LogP contribution in [0.5, 0.6) is 0 Å². The van der Waals surface area contributed by atoms with Gasteiger partial charge in [0, 0.05) is 6.04 Å². The highest BCUT2D eigenvalue weighted by molar-refractivity contribution is 5.91. The number of β-lactam (4-membered cyclic amide) rings is 1. The Labute approximate surface area is 115 Å². The number of likely N-dealkylation sites (tertiary alicyclic amines) is 1. The van der Waals surface area contributed by atoms with Crippen LogP contribution < -0.4 is 5.32 Å². The molecule has 1 atom stereocenters. The summed E-state index contributed by atoms with van der Waals surface area (Å²) in [7, 11) is 0. The van der Waals surface area contributed by atoms with Crippen molar-refractivity contribution in [2.75, 3.05) is 13.1 Å². The summed E-state index contributed by atoms with van der Waals surface area (Å²) >= 11 is 0. The van der Waals surface area contributed by atoms with E-state index in [0.717, 1.165) is 25.9 Å². The van der Waals surface area contributed by atoms with Gasteiger partial charge < -0.3 is 10.2 Å². The summed E-state index contributed by atoms with van der Waals surface area (Å²) in [6.45, 7) is 6.14. The molecule has 0 saturated carbocycles. The van der Waals surface area contributed by atoms with Crippen molar-refractivity contribution in [1.29, 1.82) is 0 Å². The Morgan fingerprint density at radius 1 is 1.21 bits per heavy atom. The van der Waals surface area contributed by atoms with Gasteiger partial charge in [-0.05, 0) is 45.3 Å². The molecular formula is C16H22N2O. The molecule has 1 aromatic rings. The molecule has 2 fully saturated rings. The van der Waals surface area contributed by atoms with Crippen LogP contribution in [0.15, 0.2) is 30.3 Å². The first-order chi connectivity index (χ1) is 9.17. The van der Waals surface area contributed by atoms with Gasteiger partial charge in [0.05, 0.1) is 11.5 Å². The molecule has 1 aromatic carbocycles. The van der Waals surface area contributed by atoms with E-state index in [0.29, 0.717) is 5.91 Å². The van der Waals surface area contributed by atoms with Crippen LogP contribution >= 0.6 is 0 Å². The molecule has 0 unspecified atom stereocenters. The summed E-state index contributed by atoms with van der Waals surface area (Å²) in [6, 6.07) is 11.1. The average molecular weight is 258 g/mol. The van der Waals surface area contributed by atoms with Gasteiger partial charge in [-0.25, -0.2) is 0 Å². The molecule has 2 aliphatic rings. The minimum atomic E-state index is -0.142. The fourth-order valence-electron chi connectivity index (χ4n) is 3.70. The Bertz CT molecular complexity index is 463. The van der Waals surface area contributed by atoms with E-state index in [4.69, 9.17) is 0 Å². The molecule has 2 heterocycles. The predicted molar refractivity (Wildman–Crippen MR) is 75.7 cm³/mol. The third kappa shape index (κ3) is 1.79. The van der Waals surface area contributed by atoms with E-state index in [1.165, 1.54) is 5.56 Å². The maximum absolute atomic E-state index is 12.7. The summed E-state index contributed by atoms with van der Waals surface area (Å²) in [5.41, 5.74) is 1.15. The number of hydrogen-bond acceptors (Lipinski definition) is 2. The van der Waals surface area contributed by atoms with Gasteiger partial charge in [-0.2, -0.15) is 0 Å². The predicted octanol–water partition coefficient (Wildman–Crippen LogP) is 2.35. The van der Waals surface area contributed by atoms with Crippen molar-refractivity contribution >= 4 is 5.91 Å². The zero-order valence-electron chi connectivity index (χ0n) is 11.7. The van der Waals surface area contributed by atoms with Crippen molar-refractivity contribution in [2.45, 2.75) is 38.8 Å². The fraction of sp³-hybridized carbons (Fsp3) is 0.562. The minimum absolute atomic E-state index is 0.142. The molecule has 0 aromatic heterocycles. The Morgan fingerprint density at radius 3 is 2.42 bits per heavy atom. The van der Waals surface area contributed by atoms with Crippen LogP contribution in [0.4, 0.5) is 0 Å². The number of piperidine rings is 1. The lowest BCUT2D eigenvalue weighted by Crippen LogP contribution is -2.67. The second-order valence-corrected chi connectivity index (χ2v) is 6.03. The van der Waals surface area contributed by atoms with Gasteiger partial charge in [0.1, 0.15) is 0 Å². The molecule has 2 saturated heterocycles. The Hall–Kier alpha value is -1.35. The highest BCUT2D eigenvalue weighted by Gasteiger charge is 2.61. The Kier molecular flexibility index (Phi) is 3.09. The molecule has 102 valence electrons. The number of amides is 1. The largest absolute Gasteiger partial charge is 0.332 e. The maximum Gasteiger partial charge on any atom is 0.232 e. The summed E-state index contributed by atoms with van der Waals surface area (Å²) < 4.78 is 0. The zero-order valence-corrected chi connectivity index (χ0v) is 11.7. The third-order valence-electron chi connectivity index (χ3n) is 4.63. The highest BCUT2D eigenvalue weighted by atomic mass is 16.2. The monoisotopic (exact) mass is 258 g/mol. The van der Waals surface area contributed by atoms with Gasteiger partial charge in [-0.15, -0.1) is 0 Å². The zero-order chi connectivity index (χ0) is 13.5. The molecule has 19 heavy (non-hydrogen) atoms. The average Bonchev–Trinajstić information content (AvgIpc) is 2.45. The molecular weight excluding hydrogens is 236 g/mol. The van der Waals surface area contributed by atoms with Gasteiger partial charge in [0.2, 0.25) is 5.91 Å². The molecule has 2 aliphatic heterocycles. The van der Waals surface area contributed by atoms with Gasteiger partial charge in [0.25, 0.3) is 0 Å². The van der Waals surface area contributed by atoms with Gasteiger partial charge >= 0.3 is 0 Å². The first-order valence-electron chi connectivity index (χ1n) is 7.25. The second kappa shape index (κ2) is 4.64. The molecule has 0 radical (unpaired) electrons. The SMILES string of the molecule is CC(C)N1C(=O)C2(CCNCC2)[C@@H]1c1ccccc1. The van der Waals surface area contributed by atoms with Crippen molar-refractivity contribution < 1.29 is 4.79 Å². The van der Waals surface area contributed by atoms with Gasteiger partial charge in [-0.1, -0.05) is 30.3 Å². The van der Waals surface area contributed by atoms with Crippen LogP contribution in [-0.2, 0) is 4.79 Å². The number of nitrogens with one attached hydrogen (secondary N) is 1. The smallest absolute Gasteiger partial charge is 0.232 e. The normalized spacial score (nSPS) is 25.7. The molecule has 1 N–H and O–H groups in total. The van der Waals surface area contributed by atoms with Gasteiger partial charge in [0.15, 0.2) is 0 Å². The number of hydrogen-bond donors (Lipinski definition) is 1. The quantitative estimate of drug-likeness (QED) is 0.826. The van der Waals surface area contributed by atoms with Crippen LogP contribution in [0.1, 0.15) is 38.3 Å². The lowest BCUT2D eigenvalue weighted by atomic mass is 9.62. The van der Waals surface area contributed by atoms with Crippen LogP contribution in [0.2, 0.25) is 0 Å². The fourth-order valence-corrected chi connectivity index (χ4v) is 3.70. The van der Waals surface area contributed by atoms with Crippen LogP contribution in [-0.4, -0.2) is 29.9 Å². The number of nitrogens with zero attached hydrogens (tertiary/aromatic N) is 1. The number of rotatable bonds is 2. The molecule has 3 nitrogen and oxygen atoms in total. The summed E-state index contributed by atoms with van der Waals surface area (Å²) in [5.74, 6) is 0.359. The molecule has 1 spiro atoms. The van der Waals surface area contributed by atoms with E-state index in [-0.39, 0.29) is 17.5 Å². The van der Waals surface area contributed by atoms with Crippen LogP contribution in [0, 0.1) is 5.41 Å². The van der Waals surface area contributed by atoms with Crippen molar-refractivity contribution in [3.8, 4) is 0 Å². The number of carbonyl (C=O) groups excluding carboxylic acids is 1. The van der Waals surface area contributed by atoms with E-state index in [2.05, 4.69) is 48.3 Å². The van der Waals surface area contributed by atoms with E-state index in [1.807, 2.05) is 6.07 Å². The summed E-state index contributed by atoms with van der Waals surface area (Å²) in [5, 5.41) is 3.37. The number of benzene rings is 1. The lowest BCUT2D eigenvalue weighted by molar-refractivity contribution is -0.182. The minimum Gasteiger partial charge on any atom is -0.332 e. The summed E-state index contributed by atoms with van der Waals surface area (Å²) in [6.07, 6.45) is 1.93. The first-order valence-corrected chi connectivity index (χ1v) is 7.25. The van der Waals surface area contributed by atoms with E-state index >= 15 is 0 Å². The molecule has 1 amide bonds. The lowest BCUT2D eigenvalue weighted by Gasteiger charge is -2.59. The molecule has 3 rings (SSSR count). The first kappa shape index (κ1) is 12.7. The Balaban J connectivity index is 1.98. The van der Waals surface area contributed by atoms with E-state index in [9.17, 15) is 4.79 Å². The Morgan fingerprint density at radius 2 is 1.84 bits per heavy atom. The molecule has 0 bridgehead atoms. The van der Waals surface area contributed by atoms with Crippen LogP contribution in [0.25, 0.3) is 0 Å². The summed E-state index contributed by atoms with van der Waals surface area (Å²) in [4.78, 5) is 14.7. The van der Waals surface area contributed by atoms with Crippen molar-refractivity contribution in [1.82, 2.24) is 10.2 Å². The third-order valence-corrected chi connectivity index (χ3v) is 4.63. The van der Waals surface area contributed by atoms with Crippen molar-refractivity contribution in [2.24, 2.45) is 5.41 Å².